The van der Waals surface area contributed by atoms with E-state index in [0.29, 0.717) is 5.78 Å². The number of hydrogen-bond donors (Lipinski definition) is 0. The van der Waals surface area contributed by atoms with E-state index in [0.717, 1.165) is 11.7 Å². The SMILES string of the molecule is CCC[CH2][AlH][CH2]C(=O)C(Cc1ccccc1)c1ccccc1. The van der Waals surface area contributed by atoms with Crippen molar-refractivity contribution in [2.45, 2.75) is 42.7 Å². The van der Waals surface area contributed by atoms with E-state index < -0.39 is 0 Å². The Morgan fingerprint density at radius 2 is 1.64 bits per heavy atom. The first-order chi connectivity index (χ1) is 10.8. The molecule has 0 heterocycles. The Morgan fingerprint density at radius 1 is 1.00 bits per heavy atom. The molecule has 1 atom stereocenters. The van der Waals surface area contributed by atoms with Crippen LogP contribution in [0, 0.1) is 0 Å². The van der Waals surface area contributed by atoms with Crippen molar-refractivity contribution in [2.75, 3.05) is 0 Å². The summed E-state index contributed by atoms with van der Waals surface area (Å²) >= 11 is -0.234. The van der Waals surface area contributed by atoms with Gasteiger partial charge in [0.25, 0.3) is 0 Å². The molecule has 2 aromatic rings. The molecule has 0 aromatic heterocycles. The topological polar surface area (TPSA) is 17.1 Å². The maximum atomic E-state index is 12.7. The Hall–Kier alpha value is -1.36. The van der Waals surface area contributed by atoms with Gasteiger partial charge in [-0.1, -0.05) is 85.7 Å². The van der Waals surface area contributed by atoms with E-state index in [1.807, 2.05) is 24.3 Å². The average molecular weight is 308 g/mol. The van der Waals surface area contributed by atoms with Crippen molar-refractivity contribution in [3.63, 3.8) is 0 Å². The van der Waals surface area contributed by atoms with Gasteiger partial charge >= 0.3 is 0 Å². The molecule has 0 fully saturated rings. The Balaban J connectivity index is 2.06. The number of rotatable bonds is 9. The molecule has 0 spiro atoms. The summed E-state index contributed by atoms with van der Waals surface area (Å²) in [6, 6.07) is 20.7. The van der Waals surface area contributed by atoms with Gasteiger partial charge in [-0.15, -0.1) is 0 Å². The maximum absolute atomic E-state index is 12.7. The molecule has 2 heteroatoms. The van der Waals surface area contributed by atoms with E-state index >= 15 is 0 Å². The third-order valence-corrected chi connectivity index (χ3v) is 6.00. The Kier molecular flexibility index (Phi) is 7.43. The molecular weight excluding hydrogens is 283 g/mol. The summed E-state index contributed by atoms with van der Waals surface area (Å²) in [7, 11) is 0. The molecule has 2 rings (SSSR count). The molecule has 0 saturated heterocycles. The van der Waals surface area contributed by atoms with Crippen molar-refractivity contribution >= 4 is 21.0 Å². The highest BCUT2D eigenvalue weighted by molar-refractivity contribution is 6.41. The molecule has 114 valence electrons. The molecule has 0 aliphatic carbocycles. The molecule has 0 saturated carbocycles. The van der Waals surface area contributed by atoms with E-state index in [2.05, 4.69) is 43.3 Å². The maximum Gasteiger partial charge on any atom is 0.247 e. The minimum atomic E-state index is -0.234. The van der Waals surface area contributed by atoms with Gasteiger partial charge in [0, 0.05) is 5.92 Å². The van der Waals surface area contributed by atoms with Crippen molar-refractivity contribution in [1.82, 2.24) is 0 Å². The van der Waals surface area contributed by atoms with Gasteiger partial charge in [0.05, 0.1) is 0 Å². The fourth-order valence-corrected chi connectivity index (χ4v) is 4.65. The van der Waals surface area contributed by atoms with Crippen LogP contribution >= 0.6 is 0 Å². The fraction of sp³-hybridized carbons (Fsp3) is 0.350. The first-order valence-electron chi connectivity index (χ1n) is 8.43. The second-order valence-corrected chi connectivity index (χ2v) is 7.84. The fourth-order valence-electron chi connectivity index (χ4n) is 2.85. The third kappa shape index (κ3) is 5.45. The van der Waals surface area contributed by atoms with Crippen LogP contribution in [0.1, 0.15) is 36.8 Å². The van der Waals surface area contributed by atoms with E-state index in [1.54, 1.807) is 0 Å². The zero-order chi connectivity index (χ0) is 15.6. The van der Waals surface area contributed by atoms with Gasteiger partial charge in [0.1, 0.15) is 5.78 Å². The molecule has 0 aliphatic rings. The van der Waals surface area contributed by atoms with Crippen molar-refractivity contribution in [3.8, 4) is 0 Å². The van der Waals surface area contributed by atoms with E-state index in [4.69, 9.17) is 0 Å². The lowest BCUT2D eigenvalue weighted by atomic mass is 9.89. The van der Waals surface area contributed by atoms with Gasteiger partial charge in [-0.3, -0.25) is 0 Å². The monoisotopic (exact) mass is 308 g/mol. The van der Waals surface area contributed by atoms with Gasteiger partial charge < -0.3 is 4.79 Å². The predicted molar refractivity (Wildman–Crippen MR) is 96.0 cm³/mol. The predicted octanol–water partition coefficient (Wildman–Crippen LogP) is 4.66. The van der Waals surface area contributed by atoms with Crippen LogP contribution in [0.2, 0.25) is 10.6 Å². The summed E-state index contributed by atoms with van der Waals surface area (Å²) in [4.78, 5) is 12.7. The highest BCUT2D eigenvalue weighted by atomic mass is 27.1. The largest absolute Gasteiger partial charge is 0.300 e. The molecule has 0 radical (unpaired) electrons. The summed E-state index contributed by atoms with van der Waals surface area (Å²) in [6.07, 6.45) is 3.35. The standard InChI is InChI=1S/C16H15O.C4H9.Al.H/c1-13(17)16(15-10-6-3-7-11-15)12-14-8-4-2-5-9-14;1-3-4-2;;/h2-11,16H,1,12H2;1,3-4H2,2H3;;. The van der Waals surface area contributed by atoms with Gasteiger partial charge in [0.2, 0.25) is 15.2 Å². The molecule has 22 heavy (non-hydrogen) atoms. The number of hydrogen-bond acceptors (Lipinski definition) is 1. The third-order valence-electron chi connectivity index (χ3n) is 4.15. The Bertz CT molecular complexity index is 550. The van der Waals surface area contributed by atoms with Crippen molar-refractivity contribution in [3.05, 3.63) is 71.8 Å². The first-order valence-corrected chi connectivity index (χ1v) is 10.4. The van der Waals surface area contributed by atoms with E-state index in [9.17, 15) is 4.79 Å². The Labute approximate surface area is 140 Å². The second kappa shape index (κ2) is 9.62. The zero-order valence-electron chi connectivity index (χ0n) is 13.5. The summed E-state index contributed by atoms with van der Waals surface area (Å²) in [5.41, 5.74) is 2.42. The molecule has 0 aliphatic heterocycles. The minimum absolute atomic E-state index is 0.0257. The lowest BCUT2D eigenvalue weighted by Crippen LogP contribution is -2.16. The molecule has 1 nitrogen and oxygen atoms in total. The quantitative estimate of drug-likeness (QED) is 0.486. The number of Topliss-reactive ketones (excluding diaryl/α,β-unsaturated/α-hetero) is 1. The molecule has 0 bridgehead atoms. The van der Waals surface area contributed by atoms with Gasteiger partial charge in [-0.05, 0) is 22.8 Å². The number of ketones is 1. The zero-order valence-corrected chi connectivity index (χ0v) is 14.9. The van der Waals surface area contributed by atoms with Crippen LogP contribution in [0.25, 0.3) is 0 Å². The average Bonchev–Trinajstić information content (AvgIpc) is 2.58. The van der Waals surface area contributed by atoms with Crippen LogP contribution in [0.5, 0.6) is 0 Å². The molecule has 1 unspecified atom stereocenters. The number of carbonyl (C=O) groups excluding carboxylic acids is 1. The lowest BCUT2D eigenvalue weighted by molar-refractivity contribution is -0.118. The second-order valence-electron chi connectivity index (χ2n) is 5.93. The van der Waals surface area contributed by atoms with Crippen LogP contribution in [0.15, 0.2) is 60.7 Å². The molecule has 0 N–H and O–H groups in total. The van der Waals surface area contributed by atoms with Crippen LogP contribution in [0.4, 0.5) is 0 Å². The van der Waals surface area contributed by atoms with Crippen molar-refractivity contribution in [1.29, 1.82) is 0 Å². The highest BCUT2D eigenvalue weighted by Gasteiger charge is 2.20. The van der Waals surface area contributed by atoms with Crippen LogP contribution < -0.4 is 0 Å². The normalized spacial score (nSPS) is 11.9. The molecular formula is C20H25AlO. The van der Waals surface area contributed by atoms with Crippen molar-refractivity contribution < 1.29 is 4.79 Å². The molecule has 0 amide bonds. The Morgan fingerprint density at radius 3 is 2.27 bits per heavy atom. The van der Waals surface area contributed by atoms with Crippen LogP contribution in [-0.2, 0) is 11.2 Å². The van der Waals surface area contributed by atoms with Crippen molar-refractivity contribution in [2.24, 2.45) is 0 Å². The highest BCUT2D eigenvalue weighted by Crippen LogP contribution is 2.23. The van der Waals surface area contributed by atoms with E-state index in [1.165, 1.54) is 29.3 Å². The van der Waals surface area contributed by atoms with Crippen LogP contribution in [0.3, 0.4) is 0 Å². The van der Waals surface area contributed by atoms with Gasteiger partial charge in [-0.25, -0.2) is 0 Å². The number of benzene rings is 2. The molecule has 2 aromatic carbocycles. The number of unbranched alkanes of at least 4 members (excludes halogenated alkanes) is 1. The van der Waals surface area contributed by atoms with Gasteiger partial charge in [0.15, 0.2) is 0 Å². The van der Waals surface area contributed by atoms with Gasteiger partial charge in [-0.2, -0.15) is 0 Å². The lowest BCUT2D eigenvalue weighted by Gasteiger charge is -2.16. The van der Waals surface area contributed by atoms with E-state index in [-0.39, 0.29) is 21.1 Å². The minimum Gasteiger partial charge on any atom is -0.300 e. The summed E-state index contributed by atoms with van der Waals surface area (Å²) in [5.74, 6) is 0.468. The summed E-state index contributed by atoms with van der Waals surface area (Å²) < 4.78 is 0. The summed E-state index contributed by atoms with van der Waals surface area (Å²) in [6.45, 7) is 2.22. The smallest absolute Gasteiger partial charge is 0.247 e. The summed E-state index contributed by atoms with van der Waals surface area (Å²) in [5, 5.41) is 2.14. The van der Waals surface area contributed by atoms with Crippen LogP contribution in [-0.4, -0.2) is 21.0 Å². The first kappa shape index (κ1) is 17.0. The number of carbonyl (C=O) groups is 1.